The van der Waals surface area contributed by atoms with Crippen LogP contribution in [0, 0.1) is 0 Å². The van der Waals surface area contributed by atoms with Crippen LogP contribution in [0.2, 0.25) is 0 Å². The maximum atomic E-state index is 12.8. The van der Waals surface area contributed by atoms with E-state index in [1.807, 2.05) is 56.3 Å². The minimum Gasteiger partial charge on any atom is -0.490 e. The van der Waals surface area contributed by atoms with E-state index in [2.05, 4.69) is 10.3 Å². The van der Waals surface area contributed by atoms with Gasteiger partial charge in [-0.2, -0.15) is 0 Å². The number of benzene rings is 2. The van der Waals surface area contributed by atoms with Crippen LogP contribution in [0.1, 0.15) is 41.6 Å². The number of amides is 1. The Morgan fingerprint density at radius 2 is 1.84 bits per heavy atom. The normalized spacial score (nSPS) is 11.8. The van der Waals surface area contributed by atoms with Crippen molar-refractivity contribution in [3.05, 3.63) is 89.9 Å². The quantitative estimate of drug-likeness (QED) is 0.422. The van der Waals surface area contributed by atoms with E-state index in [-0.39, 0.29) is 11.9 Å². The van der Waals surface area contributed by atoms with Gasteiger partial charge in [-0.1, -0.05) is 18.2 Å². The Balaban J connectivity index is 1.47. The first-order valence-electron chi connectivity index (χ1n) is 10.2. The maximum absolute atomic E-state index is 12.8. The summed E-state index contributed by atoms with van der Waals surface area (Å²) in [6, 6.07) is 18.4. The summed E-state index contributed by atoms with van der Waals surface area (Å²) in [6.07, 6.45) is 3.44. The molecule has 6 heteroatoms. The van der Waals surface area contributed by atoms with Crippen LogP contribution in [0.4, 0.5) is 0 Å². The molecule has 0 spiro atoms. The van der Waals surface area contributed by atoms with Crippen LogP contribution in [-0.2, 0) is 6.61 Å². The molecular weight excluding hydrogens is 392 g/mol. The number of carbonyl (C=O) groups is 1. The molecule has 0 fully saturated rings. The molecule has 6 nitrogen and oxygen atoms in total. The van der Waals surface area contributed by atoms with Crippen molar-refractivity contribution in [2.24, 2.45) is 0 Å². The molecule has 0 radical (unpaired) electrons. The van der Waals surface area contributed by atoms with Crippen molar-refractivity contribution in [2.45, 2.75) is 26.5 Å². The number of aromatic nitrogens is 1. The standard InChI is InChI=1S/C25H24N2O4/c1-3-29-24-15-20(8-9-22(24)30-16-18-10-12-26-13-11-18)25(28)27-17(2)23-14-19-6-4-5-7-21(19)31-23/h4-15,17H,3,16H2,1-2H3,(H,27,28). The second-order valence-electron chi connectivity index (χ2n) is 7.12. The molecule has 1 amide bonds. The van der Waals surface area contributed by atoms with Gasteiger partial charge in [-0.3, -0.25) is 9.78 Å². The Labute approximate surface area is 180 Å². The zero-order chi connectivity index (χ0) is 21.6. The van der Waals surface area contributed by atoms with Gasteiger partial charge in [-0.05, 0) is 61.9 Å². The average Bonchev–Trinajstić information content (AvgIpc) is 3.23. The van der Waals surface area contributed by atoms with E-state index >= 15 is 0 Å². The lowest BCUT2D eigenvalue weighted by Gasteiger charge is -2.15. The van der Waals surface area contributed by atoms with Gasteiger partial charge in [0.1, 0.15) is 18.0 Å². The van der Waals surface area contributed by atoms with Crippen molar-refractivity contribution < 1.29 is 18.7 Å². The molecule has 31 heavy (non-hydrogen) atoms. The molecule has 2 aromatic carbocycles. The second kappa shape index (κ2) is 9.34. The summed E-state index contributed by atoms with van der Waals surface area (Å²) in [6.45, 7) is 4.64. The van der Waals surface area contributed by atoms with Crippen LogP contribution in [0.25, 0.3) is 11.0 Å². The molecule has 1 atom stereocenters. The highest BCUT2D eigenvalue weighted by molar-refractivity contribution is 5.95. The molecule has 1 unspecified atom stereocenters. The zero-order valence-electron chi connectivity index (χ0n) is 17.5. The highest BCUT2D eigenvalue weighted by atomic mass is 16.5. The largest absolute Gasteiger partial charge is 0.490 e. The van der Waals surface area contributed by atoms with E-state index in [0.29, 0.717) is 36.0 Å². The van der Waals surface area contributed by atoms with Gasteiger partial charge in [0.2, 0.25) is 0 Å². The third-order valence-electron chi connectivity index (χ3n) is 4.87. The van der Waals surface area contributed by atoms with Crippen LogP contribution in [0.3, 0.4) is 0 Å². The summed E-state index contributed by atoms with van der Waals surface area (Å²) in [5.41, 5.74) is 2.29. The van der Waals surface area contributed by atoms with Gasteiger partial charge in [0.25, 0.3) is 5.91 Å². The third kappa shape index (κ3) is 4.86. The number of para-hydroxylation sites is 1. The molecule has 0 bridgehead atoms. The number of nitrogens with zero attached hydrogens (tertiary/aromatic N) is 1. The number of rotatable bonds is 8. The summed E-state index contributed by atoms with van der Waals surface area (Å²) in [7, 11) is 0. The number of nitrogens with one attached hydrogen (secondary N) is 1. The molecule has 0 saturated heterocycles. The summed E-state index contributed by atoms with van der Waals surface area (Å²) < 4.78 is 17.5. The van der Waals surface area contributed by atoms with Gasteiger partial charge in [0.05, 0.1) is 12.6 Å². The van der Waals surface area contributed by atoms with Crippen LogP contribution in [0.15, 0.2) is 77.5 Å². The van der Waals surface area contributed by atoms with Crippen molar-refractivity contribution in [1.29, 1.82) is 0 Å². The molecule has 0 aliphatic carbocycles. The number of furan rings is 1. The minimum absolute atomic E-state index is 0.213. The van der Waals surface area contributed by atoms with Gasteiger partial charge in [0, 0.05) is 23.3 Å². The van der Waals surface area contributed by atoms with Crippen molar-refractivity contribution in [1.82, 2.24) is 10.3 Å². The van der Waals surface area contributed by atoms with E-state index in [9.17, 15) is 4.79 Å². The Hall–Kier alpha value is -3.80. The highest BCUT2D eigenvalue weighted by Crippen LogP contribution is 2.30. The van der Waals surface area contributed by atoms with Crippen LogP contribution in [0.5, 0.6) is 11.5 Å². The number of ether oxygens (including phenoxy) is 2. The molecule has 4 rings (SSSR count). The Morgan fingerprint density at radius 1 is 1.03 bits per heavy atom. The lowest BCUT2D eigenvalue weighted by molar-refractivity contribution is 0.0935. The van der Waals surface area contributed by atoms with Gasteiger partial charge in [-0.25, -0.2) is 0 Å². The van der Waals surface area contributed by atoms with E-state index in [1.54, 1.807) is 30.6 Å². The lowest BCUT2D eigenvalue weighted by atomic mass is 10.1. The summed E-state index contributed by atoms with van der Waals surface area (Å²) in [5, 5.41) is 3.99. The fourth-order valence-electron chi connectivity index (χ4n) is 3.24. The van der Waals surface area contributed by atoms with Crippen molar-refractivity contribution >= 4 is 16.9 Å². The molecule has 158 valence electrons. The predicted molar refractivity (Wildman–Crippen MR) is 118 cm³/mol. The Bertz CT molecular complexity index is 1140. The van der Waals surface area contributed by atoms with Crippen molar-refractivity contribution in [2.75, 3.05) is 6.61 Å². The van der Waals surface area contributed by atoms with E-state index < -0.39 is 0 Å². The first kappa shape index (κ1) is 20.5. The van der Waals surface area contributed by atoms with Gasteiger partial charge in [-0.15, -0.1) is 0 Å². The molecule has 4 aromatic rings. The SMILES string of the molecule is CCOc1cc(C(=O)NC(C)c2cc3ccccc3o2)ccc1OCc1ccncc1. The maximum Gasteiger partial charge on any atom is 0.252 e. The van der Waals surface area contributed by atoms with Gasteiger partial charge < -0.3 is 19.2 Å². The molecule has 1 N–H and O–H groups in total. The van der Waals surface area contributed by atoms with Gasteiger partial charge >= 0.3 is 0 Å². The van der Waals surface area contributed by atoms with E-state index in [4.69, 9.17) is 13.9 Å². The van der Waals surface area contributed by atoms with Crippen molar-refractivity contribution in [3.63, 3.8) is 0 Å². The lowest BCUT2D eigenvalue weighted by Crippen LogP contribution is -2.26. The molecular formula is C25H24N2O4. The minimum atomic E-state index is -0.280. The number of hydrogen-bond acceptors (Lipinski definition) is 5. The molecule has 2 aromatic heterocycles. The number of hydrogen-bond donors (Lipinski definition) is 1. The Morgan fingerprint density at radius 3 is 2.61 bits per heavy atom. The van der Waals surface area contributed by atoms with Crippen LogP contribution < -0.4 is 14.8 Å². The number of pyridine rings is 1. The monoisotopic (exact) mass is 416 g/mol. The molecule has 0 aliphatic rings. The highest BCUT2D eigenvalue weighted by Gasteiger charge is 2.17. The summed E-state index contributed by atoms with van der Waals surface area (Å²) >= 11 is 0. The third-order valence-corrected chi connectivity index (χ3v) is 4.87. The Kier molecular flexibility index (Phi) is 6.17. The smallest absolute Gasteiger partial charge is 0.252 e. The first-order valence-corrected chi connectivity index (χ1v) is 10.2. The van der Waals surface area contributed by atoms with Crippen LogP contribution in [-0.4, -0.2) is 17.5 Å². The predicted octanol–water partition coefficient (Wildman–Crippen LogP) is 5.30. The average molecular weight is 416 g/mol. The first-order chi connectivity index (χ1) is 15.1. The van der Waals surface area contributed by atoms with Crippen molar-refractivity contribution in [3.8, 4) is 11.5 Å². The molecule has 0 aliphatic heterocycles. The van der Waals surface area contributed by atoms with E-state index in [1.165, 1.54) is 0 Å². The molecule has 2 heterocycles. The fourth-order valence-corrected chi connectivity index (χ4v) is 3.24. The topological polar surface area (TPSA) is 73.6 Å². The molecule has 0 saturated carbocycles. The number of carbonyl (C=O) groups excluding carboxylic acids is 1. The van der Waals surface area contributed by atoms with Gasteiger partial charge in [0.15, 0.2) is 11.5 Å². The number of fused-ring (bicyclic) bond motifs is 1. The summed E-state index contributed by atoms with van der Waals surface area (Å²) in [4.78, 5) is 16.8. The summed E-state index contributed by atoms with van der Waals surface area (Å²) in [5.74, 6) is 1.60. The van der Waals surface area contributed by atoms with Crippen LogP contribution >= 0.6 is 0 Å². The fraction of sp³-hybridized carbons (Fsp3) is 0.200. The van der Waals surface area contributed by atoms with E-state index in [0.717, 1.165) is 16.5 Å². The second-order valence-corrected chi connectivity index (χ2v) is 7.12. The zero-order valence-corrected chi connectivity index (χ0v) is 17.5.